The minimum absolute atomic E-state index is 0.846. The van der Waals surface area contributed by atoms with Crippen molar-refractivity contribution in [3.63, 3.8) is 0 Å². The van der Waals surface area contributed by atoms with Gasteiger partial charge in [-0.15, -0.1) is 11.3 Å². The monoisotopic (exact) mass is 320 g/mol. The molecule has 1 aromatic carbocycles. The van der Waals surface area contributed by atoms with E-state index in [2.05, 4.69) is 28.9 Å². The molecule has 0 unspecified atom stereocenters. The second-order valence-corrected chi connectivity index (χ2v) is 7.33. The van der Waals surface area contributed by atoms with Crippen molar-refractivity contribution in [2.75, 3.05) is 13.1 Å². The number of hydrogen-bond acceptors (Lipinski definition) is 4. The normalized spacial score (nSPS) is 18.1. The fraction of sp³-hybridized carbons (Fsp3) is 0.267. The van der Waals surface area contributed by atoms with Gasteiger partial charge >= 0.3 is 0 Å². The molecular formula is C15H13ClN2S2. The summed E-state index contributed by atoms with van der Waals surface area (Å²) in [5.41, 5.74) is 1.35. The molecular weight excluding hydrogens is 308 g/mol. The Hall–Kier alpha value is -0.970. The summed E-state index contributed by atoms with van der Waals surface area (Å²) in [6.45, 7) is 4.13. The molecule has 0 N–H and O–H groups in total. The Morgan fingerprint density at radius 2 is 2.30 bits per heavy atom. The number of thiophene rings is 1. The highest BCUT2D eigenvalue weighted by Gasteiger charge is 2.32. The highest BCUT2D eigenvalue weighted by atomic mass is 35.5. The summed E-state index contributed by atoms with van der Waals surface area (Å²) < 4.78 is 1.18. The summed E-state index contributed by atoms with van der Waals surface area (Å²) in [6.07, 6.45) is 1.05. The van der Waals surface area contributed by atoms with E-state index in [1.807, 2.05) is 23.9 Å². The van der Waals surface area contributed by atoms with Gasteiger partial charge in [-0.25, -0.2) is 0 Å². The SMILES string of the molecule is CCC1=C(c2cc3cccc(Cl)c3s2)N2CCN=C2S1. The zero-order valence-corrected chi connectivity index (χ0v) is 13.4. The van der Waals surface area contributed by atoms with Crippen LogP contribution in [0.5, 0.6) is 0 Å². The molecule has 4 rings (SSSR count). The average molecular weight is 321 g/mol. The topological polar surface area (TPSA) is 15.6 Å². The average Bonchev–Trinajstić information content (AvgIpc) is 3.10. The molecule has 0 saturated carbocycles. The molecule has 0 aliphatic carbocycles. The molecule has 1 aromatic heterocycles. The van der Waals surface area contributed by atoms with Crippen molar-refractivity contribution < 1.29 is 0 Å². The molecule has 2 aliphatic rings. The van der Waals surface area contributed by atoms with Gasteiger partial charge in [0.05, 0.1) is 26.8 Å². The Kier molecular flexibility index (Phi) is 3.05. The Bertz CT molecular complexity index is 760. The molecule has 0 fully saturated rings. The number of amidine groups is 1. The number of thioether (sulfide) groups is 1. The lowest BCUT2D eigenvalue weighted by atomic mass is 10.2. The van der Waals surface area contributed by atoms with Crippen molar-refractivity contribution >= 4 is 55.7 Å². The summed E-state index contributed by atoms with van der Waals surface area (Å²) in [7, 11) is 0. The largest absolute Gasteiger partial charge is 0.317 e. The number of halogens is 1. The van der Waals surface area contributed by atoms with Crippen LogP contribution < -0.4 is 0 Å². The number of rotatable bonds is 2. The lowest BCUT2D eigenvalue weighted by Gasteiger charge is -2.15. The van der Waals surface area contributed by atoms with Gasteiger partial charge in [0.2, 0.25) is 0 Å². The van der Waals surface area contributed by atoms with Crippen molar-refractivity contribution in [1.82, 2.24) is 4.90 Å². The standard InChI is InChI=1S/C15H13ClN2S2/c1-2-11-13(18-7-6-17-15(18)20-11)12-8-9-4-3-5-10(16)14(9)19-12/h3-5,8H,2,6-7H2,1H3. The zero-order valence-electron chi connectivity index (χ0n) is 11.0. The number of hydrogen-bond donors (Lipinski definition) is 0. The van der Waals surface area contributed by atoms with Crippen LogP contribution >= 0.6 is 34.7 Å². The lowest BCUT2D eigenvalue weighted by Crippen LogP contribution is -2.19. The van der Waals surface area contributed by atoms with Gasteiger partial charge in [0.25, 0.3) is 0 Å². The molecule has 0 bridgehead atoms. The van der Waals surface area contributed by atoms with E-state index in [0.29, 0.717) is 0 Å². The van der Waals surface area contributed by atoms with E-state index in [9.17, 15) is 0 Å². The van der Waals surface area contributed by atoms with Gasteiger partial charge in [-0.05, 0) is 23.9 Å². The maximum Gasteiger partial charge on any atom is 0.168 e. The van der Waals surface area contributed by atoms with Crippen molar-refractivity contribution in [3.05, 3.63) is 39.1 Å². The van der Waals surface area contributed by atoms with Gasteiger partial charge in [0, 0.05) is 11.4 Å². The third-order valence-corrected chi connectivity index (χ3v) is 6.48. The van der Waals surface area contributed by atoms with E-state index in [0.717, 1.165) is 24.5 Å². The molecule has 5 heteroatoms. The van der Waals surface area contributed by atoms with Gasteiger partial charge in [0.1, 0.15) is 0 Å². The minimum atomic E-state index is 0.846. The Morgan fingerprint density at radius 1 is 1.40 bits per heavy atom. The Morgan fingerprint density at radius 3 is 3.10 bits per heavy atom. The van der Waals surface area contributed by atoms with Gasteiger partial charge in [-0.2, -0.15) is 0 Å². The van der Waals surface area contributed by atoms with Gasteiger partial charge in [0.15, 0.2) is 5.17 Å². The van der Waals surface area contributed by atoms with Crippen LogP contribution in [0.15, 0.2) is 34.2 Å². The highest BCUT2D eigenvalue weighted by molar-refractivity contribution is 8.17. The van der Waals surface area contributed by atoms with E-state index >= 15 is 0 Å². The van der Waals surface area contributed by atoms with Crippen LogP contribution in [-0.2, 0) is 0 Å². The number of nitrogens with zero attached hydrogens (tertiary/aromatic N) is 2. The molecule has 102 valence electrons. The van der Waals surface area contributed by atoms with Crippen LogP contribution in [0, 0.1) is 0 Å². The van der Waals surface area contributed by atoms with Gasteiger partial charge in [-0.3, -0.25) is 4.99 Å². The smallest absolute Gasteiger partial charge is 0.168 e. The molecule has 0 radical (unpaired) electrons. The number of allylic oxidation sites excluding steroid dienone is 1. The Labute approximate surface area is 131 Å². The summed E-state index contributed by atoms with van der Waals surface area (Å²) in [5.74, 6) is 0. The molecule has 0 spiro atoms. The number of fused-ring (bicyclic) bond motifs is 2. The molecule has 2 nitrogen and oxygen atoms in total. The second kappa shape index (κ2) is 4.79. The predicted molar refractivity (Wildman–Crippen MR) is 90.6 cm³/mol. The van der Waals surface area contributed by atoms with Crippen LogP contribution in [0.2, 0.25) is 5.02 Å². The molecule has 0 saturated heterocycles. The quantitative estimate of drug-likeness (QED) is 0.769. The van der Waals surface area contributed by atoms with Gasteiger partial charge in [-0.1, -0.05) is 42.4 Å². The van der Waals surface area contributed by atoms with Crippen LogP contribution in [0.1, 0.15) is 18.2 Å². The first-order valence-corrected chi connectivity index (χ1v) is 8.70. The van der Waals surface area contributed by atoms with E-state index in [-0.39, 0.29) is 0 Å². The summed E-state index contributed by atoms with van der Waals surface area (Å²) >= 11 is 9.93. The molecule has 3 heterocycles. The van der Waals surface area contributed by atoms with E-state index in [4.69, 9.17) is 11.6 Å². The maximum atomic E-state index is 6.31. The van der Waals surface area contributed by atoms with Crippen molar-refractivity contribution in [2.24, 2.45) is 4.99 Å². The van der Waals surface area contributed by atoms with Crippen molar-refractivity contribution in [2.45, 2.75) is 13.3 Å². The van der Waals surface area contributed by atoms with Crippen molar-refractivity contribution in [1.29, 1.82) is 0 Å². The second-order valence-electron chi connectivity index (χ2n) is 4.81. The molecule has 0 amide bonds. The third kappa shape index (κ3) is 1.82. The minimum Gasteiger partial charge on any atom is -0.317 e. The maximum absolute atomic E-state index is 6.31. The van der Waals surface area contributed by atoms with E-state index in [1.54, 1.807) is 11.3 Å². The number of benzene rings is 1. The highest BCUT2D eigenvalue weighted by Crippen LogP contribution is 2.46. The fourth-order valence-electron chi connectivity index (χ4n) is 2.68. The molecule has 20 heavy (non-hydrogen) atoms. The van der Waals surface area contributed by atoms with Crippen LogP contribution in [0.25, 0.3) is 15.8 Å². The van der Waals surface area contributed by atoms with Crippen LogP contribution in [0.3, 0.4) is 0 Å². The summed E-state index contributed by atoms with van der Waals surface area (Å²) in [5, 5.41) is 3.24. The zero-order chi connectivity index (χ0) is 13.7. The fourth-order valence-corrected chi connectivity index (χ4v) is 5.32. The van der Waals surface area contributed by atoms with Crippen LogP contribution in [0.4, 0.5) is 0 Å². The summed E-state index contributed by atoms with van der Waals surface area (Å²) in [6, 6.07) is 8.38. The molecule has 0 atom stereocenters. The van der Waals surface area contributed by atoms with Crippen LogP contribution in [-0.4, -0.2) is 23.2 Å². The first-order valence-electron chi connectivity index (χ1n) is 6.69. The first-order chi connectivity index (χ1) is 9.78. The third-order valence-electron chi connectivity index (χ3n) is 3.60. The molecule has 2 aliphatic heterocycles. The Balaban J connectivity index is 1.89. The van der Waals surface area contributed by atoms with Gasteiger partial charge < -0.3 is 4.90 Å². The lowest BCUT2D eigenvalue weighted by molar-refractivity contribution is 0.648. The summed E-state index contributed by atoms with van der Waals surface area (Å²) in [4.78, 5) is 9.68. The van der Waals surface area contributed by atoms with Crippen molar-refractivity contribution in [3.8, 4) is 0 Å². The first kappa shape index (κ1) is 12.7. The van der Waals surface area contributed by atoms with E-state index < -0.39 is 0 Å². The van der Waals surface area contributed by atoms with E-state index in [1.165, 1.54) is 30.7 Å². The predicted octanol–water partition coefficient (Wildman–Crippen LogP) is 5.05. The molecule has 2 aromatic rings. The number of aliphatic imine (C=N–C) groups is 1.